The van der Waals surface area contributed by atoms with Gasteiger partial charge in [-0.05, 0) is 35.8 Å². The lowest BCUT2D eigenvalue weighted by atomic mass is 9.89. The molecule has 0 spiro atoms. The number of fused-ring (bicyclic) bond motifs is 1. The zero-order chi connectivity index (χ0) is 13.8. The highest BCUT2D eigenvalue weighted by Crippen LogP contribution is 2.30. The molecule has 2 atom stereocenters. The Morgan fingerprint density at radius 3 is 2.79 bits per heavy atom. The van der Waals surface area contributed by atoms with E-state index in [1.165, 1.54) is 5.56 Å². The molecule has 2 rings (SSSR count). The smallest absolute Gasteiger partial charge is 0.166 e. The fraction of sp³-hybridized carbons (Fsp3) is 0.588. The maximum absolute atomic E-state index is 12.4. The Kier molecular flexibility index (Phi) is 4.76. The summed E-state index contributed by atoms with van der Waals surface area (Å²) in [7, 11) is 0. The molecular formula is C17H24O2. The molecule has 104 valence electrons. The summed E-state index contributed by atoms with van der Waals surface area (Å²) < 4.78 is 5.72. The summed E-state index contributed by atoms with van der Waals surface area (Å²) in [5, 5.41) is 0. The van der Waals surface area contributed by atoms with Gasteiger partial charge in [0.1, 0.15) is 6.10 Å². The lowest BCUT2D eigenvalue weighted by Gasteiger charge is -2.26. The third-order valence-electron chi connectivity index (χ3n) is 3.71. The van der Waals surface area contributed by atoms with Crippen LogP contribution in [0.1, 0.15) is 50.8 Å². The number of hydrogen-bond donors (Lipinski definition) is 0. The van der Waals surface area contributed by atoms with E-state index >= 15 is 0 Å². The number of ketones is 1. The highest BCUT2D eigenvalue weighted by atomic mass is 16.5. The Morgan fingerprint density at radius 1 is 1.32 bits per heavy atom. The molecule has 0 saturated carbocycles. The van der Waals surface area contributed by atoms with Crippen molar-refractivity contribution in [3.8, 4) is 0 Å². The van der Waals surface area contributed by atoms with Gasteiger partial charge in [-0.3, -0.25) is 4.79 Å². The van der Waals surface area contributed by atoms with E-state index in [-0.39, 0.29) is 11.9 Å². The Labute approximate surface area is 116 Å². The molecule has 1 aliphatic heterocycles. The Balaban J connectivity index is 2.04. The minimum Gasteiger partial charge on any atom is -0.365 e. The Morgan fingerprint density at radius 2 is 2.05 bits per heavy atom. The first-order chi connectivity index (χ1) is 9.08. The van der Waals surface area contributed by atoms with Gasteiger partial charge in [0.05, 0.1) is 6.61 Å². The topological polar surface area (TPSA) is 26.3 Å². The number of benzene rings is 1. The van der Waals surface area contributed by atoms with Crippen molar-refractivity contribution in [3.05, 3.63) is 35.4 Å². The number of Topliss-reactive ketones (excluding diaryl/α,β-unsaturated/α-hetero) is 1. The quantitative estimate of drug-likeness (QED) is 0.801. The first-order valence-electron chi connectivity index (χ1n) is 7.30. The van der Waals surface area contributed by atoms with E-state index in [2.05, 4.69) is 26.8 Å². The minimum absolute atomic E-state index is 0.236. The summed E-state index contributed by atoms with van der Waals surface area (Å²) in [4.78, 5) is 12.4. The van der Waals surface area contributed by atoms with Crippen LogP contribution in [0, 0.1) is 11.8 Å². The fourth-order valence-corrected chi connectivity index (χ4v) is 3.00. The van der Waals surface area contributed by atoms with E-state index in [1.807, 2.05) is 18.2 Å². The van der Waals surface area contributed by atoms with Gasteiger partial charge in [0.25, 0.3) is 0 Å². The molecule has 0 amide bonds. The van der Waals surface area contributed by atoms with Crippen LogP contribution in [-0.4, -0.2) is 12.4 Å². The van der Waals surface area contributed by atoms with E-state index in [0.29, 0.717) is 24.9 Å². The second-order valence-electron chi connectivity index (χ2n) is 6.10. The molecule has 1 aromatic carbocycles. The molecule has 1 aliphatic rings. The zero-order valence-electron chi connectivity index (χ0n) is 12.2. The van der Waals surface area contributed by atoms with Gasteiger partial charge >= 0.3 is 0 Å². The third-order valence-corrected chi connectivity index (χ3v) is 3.71. The van der Waals surface area contributed by atoms with Crippen LogP contribution in [0.2, 0.25) is 0 Å². The number of ether oxygens (including phenoxy) is 1. The third kappa shape index (κ3) is 3.66. The lowest BCUT2D eigenvalue weighted by Crippen LogP contribution is -2.24. The van der Waals surface area contributed by atoms with Gasteiger partial charge < -0.3 is 4.74 Å². The van der Waals surface area contributed by atoms with Crippen molar-refractivity contribution < 1.29 is 9.53 Å². The largest absolute Gasteiger partial charge is 0.365 e. The van der Waals surface area contributed by atoms with Crippen LogP contribution in [0.3, 0.4) is 0 Å². The van der Waals surface area contributed by atoms with Crippen molar-refractivity contribution in [2.45, 2.75) is 46.1 Å². The van der Waals surface area contributed by atoms with E-state index in [1.54, 1.807) is 0 Å². The van der Waals surface area contributed by atoms with Gasteiger partial charge in [-0.15, -0.1) is 0 Å². The number of carbonyl (C=O) groups excluding carboxylic acids is 1. The molecule has 0 fully saturated rings. The monoisotopic (exact) mass is 260 g/mol. The predicted octanol–water partition coefficient (Wildman–Crippen LogP) is 3.94. The number of rotatable bonds is 5. The lowest BCUT2D eigenvalue weighted by molar-refractivity contribution is -0.132. The first kappa shape index (κ1) is 14.3. The minimum atomic E-state index is -0.334. The Bertz CT molecular complexity index is 437. The molecule has 2 heteroatoms. The van der Waals surface area contributed by atoms with E-state index < -0.39 is 0 Å². The van der Waals surface area contributed by atoms with Crippen molar-refractivity contribution in [3.63, 3.8) is 0 Å². The molecule has 0 bridgehead atoms. The normalized spacial score (nSPS) is 20.1. The van der Waals surface area contributed by atoms with Crippen LogP contribution in [0.25, 0.3) is 0 Å². The molecule has 0 radical (unpaired) electrons. The van der Waals surface area contributed by atoms with E-state index in [9.17, 15) is 4.79 Å². The van der Waals surface area contributed by atoms with Gasteiger partial charge in [-0.25, -0.2) is 0 Å². The van der Waals surface area contributed by atoms with Crippen LogP contribution in [0.4, 0.5) is 0 Å². The van der Waals surface area contributed by atoms with Crippen molar-refractivity contribution in [1.82, 2.24) is 0 Å². The van der Waals surface area contributed by atoms with Gasteiger partial charge in [-0.1, -0.05) is 45.0 Å². The average Bonchev–Trinajstić information content (AvgIpc) is 2.36. The summed E-state index contributed by atoms with van der Waals surface area (Å²) >= 11 is 0. The van der Waals surface area contributed by atoms with Gasteiger partial charge in [0, 0.05) is 6.42 Å². The van der Waals surface area contributed by atoms with Crippen molar-refractivity contribution in [1.29, 1.82) is 0 Å². The van der Waals surface area contributed by atoms with E-state index in [4.69, 9.17) is 4.74 Å². The van der Waals surface area contributed by atoms with Crippen LogP contribution in [0.5, 0.6) is 0 Å². The van der Waals surface area contributed by atoms with E-state index in [0.717, 1.165) is 18.4 Å². The van der Waals surface area contributed by atoms with Crippen LogP contribution < -0.4 is 0 Å². The van der Waals surface area contributed by atoms with Crippen molar-refractivity contribution in [2.75, 3.05) is 6.61 Å². The number of carbonyl (C=O) groups is 1. The summed E-state index contributed by atoms with van der Waals surface area (Å²) in [5.41, 5.74) is 2.35. The van der Waals surface area contributed by atoms with Crippen LogP contribution >= 0.6 is 0 Å². The maximum atomic E-state index is 12.4. The standard InChI is InChI=1S/C17H24O2/c1-12(2)10-13(3)11-16(18)17-15-7-5-4-6-14(15)8-9-19-17/h4-7,12-13,17H,8-11H2,1-3H3. The van der Waals surface area contributed by atoms with Crippen LogP contribution in [0.15, 0.2) is 24.3 Å². The molecule has 1 heterocycles. The first-order valence-corrected chi connectivity index (χ1v) is 7.30. The molecule has 0 saturated heterocycles. The van der Waals surface area contributed by atoms with Gasteiger partial charge in [0.2, 0.25) is 0 Å². The predicted molar refractivity (Wildman–Crippen MR) is 77.1 cm³/mol. The summed E-state index contributed by atoms with van der Waals surface area (Å²) in [5.74, 6) is 1.31. The molecule has 0 aromatic heterocycles. The molecule has 0 N–H and O–H groups in total. The SMILES string of the molecule is CC(C)CC(C)CC(=O)C1OCCc2ccccc21. The van der Waals surface area contributed by atoms with Gasteiger partial charge in [-0.2, -0.15) is 0 Å². The summed E-state index contributed by atoms with van der Waals surface area (Å²) in [6.07, 6.45) is 2.30. The van der Waals surface area contributed by atoms with Gasteiger partial charge in [0.15, 0.2) is 5.78 Å². The van der Waals surface area contributed by atoms with Crippen LogP contribution in [-0.2, 0) is 16.0 Å². The molecule has 19 heavy (non-hydrogen) atoms. The molecular weight excluding hydrogens is 236 g/mol. The maximum Gasteiger partial charge on any atom is 0.166 e. The molecule has 2 nitrogen and oxygen atoms in total. The highest BCUT2D eigenvalue weighted by molar-refractivity contribution is 5.85. The average molecular weight is 260 g/mol. The summed E-state index contributed by atoms with van der Waals surface area (Å²) in [6.45, 7) is 7.22. The molecule has 1 aromatic rings. The Hall–Kier alpha value is -1.15. The highest BCUT2D eigenvalue weighted by Gasteiger charge is 2.27. The fourth-order valence-electron chi connectivity index (χ4n) is 3.00. The van der Waals surface area contributed by atoms with Crippen molar-refractivity contribution >= 4 is 5.78 Å². The second-order valence-corrected chi connectivity index (χ2v) is 6.10. The second kappa shape index (κ2) is 6.33. The number of hydrogen-bond acceptors (Lipinski definition) is 2. The van der Waals surface area contributed by atoms with Crippen molar-refractivity contribution in [2.24, 2.45) is 11.8 Å². The summed E-state index contributed by atoms with van der Waals surface area (Å²) in [6, 6.07) is 8.16. The zero-order valence-corrected chi connectivity index (χ0v) is 12.2. The molecule has 2 unspecified atom stereocenters. The molecule has 0 aliphatic carbocycles.